The molecule has 0 radical (unpaired) electrons. The molecular weight excluding hydrogens is 232 g/mol. The number of aryl methyl sites for hydroxylation is 1. The molecule has 1 aliphatic heterocycles. The Morgan fingerprint density at radius 3 is 3.00 bits per heavy atom. The Bertz CT molecular complexity index is 428. The summed E-state index contributed by atoms with van der Waals surface area (Å²) in [6, 6.07) is 5.52. The second-order valence-electron chi connectivity index (χ2n) is 4.36. The van der Waals surface area contributed by atoms with E-state index in [2.05, 4.69) is 10.6 Å². The first-order valence-corrected chi connectivity index (χ1v) is 5.99. The topological polar surface area (TPSA) is 59.6 Å². The average Bonchev–Trinajstić information content (AvgIpc) is 2.82. The van der Waals surface area contributed by atoms with E-state index in [1.807, 2.05) is 25.1 Å². The van der Waals surface area contributed by atoms with E-state index in [9.17, 15) is 4.79 Å². The Hall–Kier alpha value is -1.75. The number of amides is 2. The van der Waals surface area contributed by atoms with Crippen LogP contribution in [0.2, 0.25) is 0 Å². The fourth-order valence-corrected chi connectivity index (χ4v) is 1.91. The lowest BCUT2D eigenvalue weighted by Crippen LogP contribution is -2.38. The Balaban J connectivity index is 1.99. The summed E-state index contributed by atoms with van der Waals surface area (Å²) in [6.07, 6.45) is 0.859. The fraction of sp³-hybridized carbons (Fsp3) is 0.462. The summed E-state index contributed by atoms with van der Waals surface area (Å²) < 4.78 is 10.4. The van der Waals surface area contributed by atoms with Crippen molar-refractivity contribution in [2.75, 3.05) is 25.6 Å². The zero-order chi connectivity index (χ0) is 13.0. The number of methoxy groups -OCH3 is 1. The normalized spacial score (nSPS) is 18.4. The molecule has 1 heterocycles. The van der Waals surface area contributed by atoms with Crippen LogP contribution in [0.25, 0.3) is 0 Å². The number of hydrogen-bond donors (Lipinski definition) is 2. The number of carbonyl (C=O) groups is 1. The van der Waals surface area contributed by atoms with E-state index in [1.54, 1.807) is 7.11 Å². The third-order valence-corrected chi connectivity index (χ3v) is 2.87. The quantitative estimate of drug-likeness (QED) is 0.861. The molecule has 98 valence electrons. The van der Waals surface area contributed by atoms with Gasteiger partial charge in [0.2, 0.25) is 0 Å². The summed E-state index contributed by atoms with van der Waals surface area (Å²) in [6.45, 7) is 3.25. The zero-order valence-corrected chi connectivity index (χ0v) is 10.7. The van der Waals surface area contributed by atoms with Gasteiger partial charge in [0.25, 0.3) is 0 Å². The highest BCUT2D eigenvalue weighted by molar-refractivity contribution is 5.91. The average molecular weight is 250 g/mol. The Labute approximate surface area is 106 Å². The third kappa shape index (κ3) is 3.13. The van der Waals surface area contributed by atoms with Gasteiger partial charge in [0.1, 0.15) is 5.75 Å². The zero-order valence-electron chi connectivity index (χ0n) is 10.7. The smallest absolute Gasteiger partial charge is 0.319 e. The van der Waals surface area contributed by atoms with E-state index in [4.69, 9.17) is 9.47 Å². The van der Waals surface area contributed by atoms with Crippen LogP contribution in [0.3, 0.4) is 0 Å². The summed E-state index contributed by atoms with van der Waals surface area (Å²) in [4.78, 5) is 11.8. The number of benzene rings is 1. The number of carbonyl (C=O) groups excluding carboxylic acids is 1. The van der Waals surface area contributed by atoms with Gasteiger partial charge >= 0.3 is 6.03 Å². The van der Waals surface area contributed by atoms with Gasteiger partial charge in [-0.2, -0.15) is 0 Å². The second-order valence-corrected chi connectivity index (χ2v) is 4.36. The number of nitrogens with one attached hydrogen (secondary N) is 2. The lowest BCUT2D eigenvalue weighted by molar-refractivity contribution is 0.189. The monoisotopic (exact) mass is 250 g/mol. The Morgan fingerprint density at radius 1 is 1.50 bits per heavy atom. The molecular formula is C13H18N2O3. The number of rotatable bonds is 3. The maximum absolute atomic E-state index is 11.8. The van der Waals surface area contributed by atoms with Gasteiger partial charge in [-0.15, -0.1) is 0 Å². The third-order valence-electron chi connectivity index (χ3n) is 2.87. The van der Waals surface area contributed by atoms with E-state index in [0.29, 0.717) is 24.7 Å². The molecule has 1 unspecified atom stereocenters. The predicted octanol–water partition coefficient (Wildman–Crippen LogP) is 1.91. The minimum absolute atomic E-state index is 0.0980. The number of ether oxygens (including phenoxy) is 2. The summed E-state index contributed by atoms with van der Waals surface area (Å²) >= 11 is 0. The molecule has 1 saturated heterocycles. The lowest BCUT2D eigenvalue weighted by Gasteiger charge is -2.14. The van der Waals surface area contributed by atoms with Gasteiger partial charge in [0.05, 0.1) is 25.4 Å². The van der Waals surface area contributed by atoms with Gasteiger partial charge in [-0.1, -0.05) is 6.07 Å². The minimum atomic E-state index is -0.227. The Kier molecular flexibility index (Phi) is 4.04. The highest BCUT2D eigenvalue weighted by Crippen LogP contribution is 2.25. The van der Waals surface area contributed by atoms with E-state index >= 15 is 0 Å². The van der Waals surface area contributed by atoms with Crippen molar-refractivity contribution in [3.63, 3.8) is 0 Å². The van der Waals surface area contributed by atoms with E-state index in [0.717, 1.165) is 12.0 Å². The fourth-order valence-electron chi connectivity index (χ4n) is 1.91. The minimum Gasteiger partial charge on any atom is -0.495 e. The van der Waals surface area contributed by atoms with Crippen molar-refractivity contribution in [2.45, 2.75) is 19.4 Å². The number of urea groups is 1. The number of anilines is 1. The van der Waals surface area contributed by atoms with Crippen LogP contribution in [0, 0.1) is 6.92 Å². The van der Waals surface area contributed by atoms with Gasteiger partial charge < -0.3 is 20.1 Å². The van der Waals surface area contributed by atoms with Crippen molar-refractivity contribution in [3.05, 3.63) is 23.8 Å². The molecule has 1 aromatic rings. The van der Waals surface area contributed by atoms with Crippen LogP contribution in [-0.4, -0.2) is 32.4 Å². The molecule has 2 rings (SSSR count). The molecule has 0 aromatic heterocycles. The molecule has 1 fully saturated rings. The van der Waals surface area contributed by atoms with Gasteiger partial charge in [0, 0.05) is 6.61 Å². The molecule has 5 heteroatoms. The van der Waals surface area contributed by atoms with Gasteiger partial charge in [-0.05, 0) is 31.0 Å². The molecule has 0 spiro atoms. The second kappa shape index (κ2) is 5.73. The highest BCUT2D eigenvalue weighted by atomic mass is 16.5. The summed E-state index contributed by atoms with van der Waals surface area (Å²) in [5.74, 6) is 0.651. The van der Waals surface area contributed by atoms with Crippen LogP contribution in [-0.2, 0) is 4.74 Å². The molecule has 5 nitrogen and oxygen atoms in total. The van der Waals surface area contributed by atoms with Crippen LogP contribution in [0.1, 0.15) is 12.0 Å². The van der Waals surface area contributed by atoms with Crippen LogP contribution >= 0.6 is 0 Å². The summed E-state index contributed by atoms with van der Waals surface area (Å²) in [5, 5.41) is 5.67. The standard InChI is InChI=1S/C13H18N2O3/c1-9-3-4-12(17-2)11(7-9)15-13(16)14-10-5-6-18-8-10/h3-4,7,10H,5-6,8H2,1-2H3,(H2,14,15,16). The largest absolute Gasteiger partial charge is 0.495 e. The van der Waals surface area contributed by atoms with Crippen LogP contribution in [0.15, 0.2) is 18.2 Å². The van der Waals surface area contributed by atoms with E-state index in [1.165, 1.54) is 0 Å². The highest BCUT2D eigenvalue weighted by Gasteiger charge is 2.18. The van der Waals surface area contributed by atoms with Gasteiger partial charge in [-0.3, -0.25) is 0 Å². The first kappa shape index (κ1) is 12.7. The van der Waals surface area contributed by atoms with Crippen molar-refractivity contribution in [1.82, 2.24) is 5.32 Å². The van der Waals surface area contributed by atoms with Crippen molar-refractivity contribution < 1.29 is 14.3 Å². The molecule has 0 bridgehead atoms. The lowest BCUT2D eigenvalue weighted by atomic mass is 10.2. The van der Waals surface area contributed by atoms with Crippen LogP contribution in [0.5, 0.6) is 5.75 Å². The van der Waals surface area contributed by atoms with Gasteiger partial charge in [0.15, 0.2) is 0 Å². The Morgan fingerprint density at radius 2 is 2.33 bits per heavy atom. The maximum atomic E-state index is 11.8. The molecule has 0 aliphatic carbocycles. The first-order chi connectivity index (χ1) is 8.69. The molecule has 0 saturated carbocycles. The maximum Gasteiger partial charge on any atom is 0.319 e. The molecule has 1 aliphatic rings. The van der Waals surface area contributed by atoms with E-state index < -0.39 is 0 Å². The molecule has 18 heavy (non-hydrogen) atoms. The van der Waals surface area contributed by atoms with Crippen molar-refractivity contribution >= 4 is 11.7 Å². The first-order valence-electron chi connectivity index (χ1n) is 5.99. The number of hydrogen-bond acceptors (Lipinski definition) is 3. The van der Waals surface area contributed by atoms with Crippen LogP contribution in [0.4, 0.5) is 10.5 Å². The van der Waals surface area contributed by atoms with Crippen molar-refractivity contribution in [2.24, 2.45) is 0 Å². The van der Waals surface area contributed by atoms with Crippen molar-refractivity contribution in [1.29, 1.82) is 0 Å². The van der Waals surface area contributed by atoms with E-state index in [-0.39, 0.29) is 12.1 Å². The van der Waals surface area contributed by atoms with Crippen LogP contribution < -0.4 is 15.4 Å². The SMILES string of the molecule is COc1ccc(C)cc1NC(=O)NC1CCOC1. The molecule has 2 amide bonds. The molecule has 1 aromatic carbocycles. The van der Waals surface area contributed by atoms with Gasteiger partial charge in [-0.25, -0.2) is 4.79 Å². The molecule has 2 N–H and O–H groups in total. The van der Waals surface area contributed by atoms with Crippen molar-refractivity contribution in [3.8, 4) is 5.75 Å². The summed E-state index contributed by atoms with van der Waals surface area (Å²) in [5.41, 5.74) is 1.74. The summed E-state index contributed by atoms with van der Waals surface area (Å²) in [7, 11) is 1.58. The predicted molar refractivity (Wildman–Crippen MR) is 69.1 cm³/mol. The molecule has 1 atom stereocenters.